The zero-order valence-corrected chi connectivity index (χ0v) is 46.5. The van der Waals surface area contributed by atoms with Gasteiger partial charge < -0.3 is 19.6 Å². The summed E-state index contributed by atoms with van der Waals surface area (Å²) in [5, 5.41) is 4.96. The minimum absolute atomic E-state index is 0.0624. The summed E-state index contributed by atoms with van der Waals surface area (Å²) < 4.78 is 0. The molecule has 8 aliphatic rings. The van der Waals surface area contributed by atoms with Crippen molar-refractivity contribution in [1.29, 1.82) is 0 Å². The van der Waals surface area contributed by atoms with Crippen LogP contribution >= 0.6 is 0 Å². The third-order valence-corrected chi connectivity index (χ3v) is 20.0. The number of benzene rings is 13. The number of nitrogens with zero attached hydrogens (tertiary/aromatic N) is 4. The third-order valence-electron chi connectivity index (χ3n) is 20.0. The highest BCUT2D eigenvalue weighted by Crippen LogP contribution is 2.63. The molecule has 13 aromatic carbocycles. The molecule has 0 atom stereocenters. The lowest BCUT2D eigenvalue weighted by atomic mass is 9.59. The molecule has 84 heavy (non-hydrogen) atoms. The molecule has 4 heteroatoms. The molecule has 0 saturated carbocycles. The van der Waals surface area contributed by atoms with Gasteiger partial charge in [-0.25, -0.2) is 0 Å². The van der Waals surface area contributed by atoms with E-state index in [9.17, 15) is 0 Å². The maximum atomic E-state index is 2.56. The molecule has 0 radical (unpaired) electrons. The second-order valence-corrected chi connectivity index (χ2v) is 23.8. The molecule has 4 bridgehead atoms. The molecular weight excluding hydrogens is 1020 g/mol. The van der Waals surface area contributed by atoms with E-state index < -0.39 is 0 Å². The first-order valence-electron chi connectivity index (χ1n) is 29.7. The predicted octanol–water partition coefficient (Wildman–Crippen LogP) is 20.4. The first kappa shape index (κ1) is 46.2. The topological polar surface area (TPSA) is 13.0 Å². The van der Waals surface area contributed by atoms with Gasteiger partial charge in [-0.05, 0) is 183 Å². The summed E-state index contributed by atoms with van der Waals surface area (Å²) in [6.07, 6.45) is 0. The average Bonchev–Trinajstić information content (AvgIpc) is 2.16. The summed E-state index contributed by atoms with van der Waals surface area (Å²) >= 11 is 0. The van der Waals surface area contributed by atoms with Crippen LogP contribution in [0.3, 0.4) is 0 Å². The zero-order valence-electron chi connectivity index (χ0n) is 46.5. The van der Waals surface area contributed by atoms with Gasteiger partial charge in [-0.1, -0.05) is 194 Å². The Kier molecular flexibility index (Phi) is 9.39. The molecule has 0 amide bonds. The number of fused-ring (bicyclic) bond motifs is 6. The van der Waals surface area contributed by atoms with Crippen LogP contribution in [0.25, 0.3) is 43.8 Å². The van der Waals surface area contributed by atoms with Crippen LogP contribution in [0, 0.1) is 0 Å². The van der Waals surface area contributed by atoms with Gasteiger partial charge in [0.1, 0.15) is 0 Å². The largest absolute Gasteiger partial charge is 0.341 e. The van der Waals surface area contributed by atoms with Gasteiger partial charge in [0.05, 0.1) is 45.5 Å². The first-order chi connectivity index (χ1) is 41.6. The molecule has 21 rings (SSSR count). The van der Waals surface area contributed by atoms with Gasteiger partial charge in [-0.3, -0.25) is 0 Å². The van der Waals surface area contributed by atoms with Crippen LogP contribution in [-0.2, 0) is 0 Å². The summed E-state index contributed by atoms with van der Waals surface area (Å²) in [6, 6.07) is 102. The minimum Gasteiger partial charge on any atom is -0.341 e. The number of hydrogen-bond acceptors (Lipinski definition) is 4. The molecule has 0 unspecified atom stereocenters. The van der Waals surface area contributed by atoms with Gasteiger partial charge in [-0.2, -0.15) is 0 Å². The highest BCUT2D eigenvalue weighted by Gasteiger charge is 2.45. The molecule has 6 aliphatic carbocycles. The lowest BCUT2D eigenvalue weighted by molar-refractivity contribution is 0.756. The van der Waals surface area contributed by atoms with E-state index in [1.807, 2.05) is 0 Å². The van der Waals surface area contributed by atoms with E-state index in [2.05, 4.69) is 301 Å². The van der Waals surface area contributed by atoms with E-state index in [4.69, 9.17) is 0 Å². The second-order valence-electron chi connectivity index (χ2n) is 23.8. The molecular formula is C80H54N4. The Bertz CT molecular complexity index is 4530. The smallest absolute Gasteiger partial charge is 0.0699 e. The Morgan fingerprint density at radius 3 is 0.798 bits per heavy atom. The minimum atomic E-state index is 0.0624. The zero-order chi connectivity index (χ0) is 55.1. The highest BCUT2D eigenvalue weighted by molar-refractivity contribution is 6.24. The van der Waals surface area contributed by atoms with Crippen molar-refractivity contribution in [1.82, 2.24) is 0 Å². The molecule has 394 valence electrons. The molecule has 0 spiro atoms. The van der Waals surface area contributed by atoms with E-state index in [-0.39, 0.29) is 23.7 Å². The predicted molar refractivity (Wildman–Crippen MR) is 347 cm³/mol. The van der Waals surface area contributed by atoms with Crippen molar-refractivity contribution in [3.05, 3.63) is 334 Å². The van der Waals surface area contributed by atoms with E-state index in [0.29, 0.717) is 0 Å². The van der Waals surface area contributed by atoms with Crippen molar-refractivity contribution in [3.8, 4) is 22.3 Å². The Balaban J connectivity index is 0.968. The van der Waals surface area contributed by atoms with Crippen LogP contribution in [0.2, 0.25) is 0 Å². The molecule has 13 aromatic rings. The van der Waals surface area contributed by atoms with Gasteiger partial charge in [0, 0.05) is 49.1 Å². The lowest BCUT2D eigenvalue weighted by Crippen LogP contribution is -2.28. The van der Waals surface area contributed by atoms with Crippen LogP contribution in [0.1, 0.15) is 90.4 Å². The SMILES string of the molecule is CN1c2ccccc2N(c2ccc3c(-c4cccc5c4C4c6ccccc6C5c5ccccc54)c4cc(N5c6ccccc6N(C)c6ccccc65)ccc4c(-c4cccc5c4C4c6ccccc6C5c5ccccc54)c3c2)c2ccccc21. The maximum absolute atomic E-state index is 2.56. The number of hydrogen-bond donors (Lipinski definition) is 0. The molecule has 2 heterocycles. The van der Waals surface area contributed by atoms with Crippen LogP contribution in [-0.4, -0.2) is 14.1 Å². The monoisotopic (exact) mass is 1070 g/mol. The summed E-state index contributed by atoms with van der Waals surface area (Å²) in [5.41, 5.74) is 33.7. The quantitative estimate of drug-likeness (QED) is 0.163. The van der Waals surface area contributed by atoms with Crippen molar-refractivity contribution in [3.63, 3.8) is 0 Å². The van der Waals surface area contributed by atoms with Crippen molar-refractivity contribution in [2.24, 2.45) is 0 Å². The molecule has 4 nitrogen and oxygen atoms in total. The number of anilines is 10. The summed E-state index contributed by atoms with van der Waals surface area (Å²) in [6.45, 7) is 0. The van der Waals surface area contributed by atoms with Gasteiger partial charge in [-0.15, -0.1) is 0 Å². The fourth-order valence-electron chi connectivity index (χ4n) is 16.7. The van der Waals surface area contributed by atoms with Gasteiger partial charge >= 0.3 is 0 Å². The third kappa shape index (κ3) is 6.01. The van der Waals surface area contributed by atoms with Crippen molar-refractivity contribution in [2.45, 2.75) is 23.7 Å². The number of rotatable bonds is 4. The number of para-hydroxylation sites is 8. The highest BCUT2D eigenvalue weighted by atomic mass is 15.3. The van der Waals surface area contributed by atoms with Gasteiger partial charge in [0.2, 0.25) is 0 Å². The van der Waals surface area contributed by atoms with Gasteiger partial charge in [0.25, 0.3) is 0 Å². The molecule has 0 N–H and O–H groups in total. The van der Waals surface area contributed by atoms with Crippen molar-refractivity contribution in [2.75, 3.05) is 33.7 Å². The first-order valence-corrected chi connectivity index (χ1v) is 29.7. The molecule has 0 saturated heterocycles. The summed E-state index contributed by atoms with van der Waals surface area (Å²) in [4.78, 5) is 9.71. The van der Waals surface area contributed by atoms with E-state index in [0.717, 1.165) is 34.1 Å². The van der Waals surface area contributed by atoms with Gasteiger partial charge in [0.15, 0.2) is 0 Å². The lowest BCUT2D eigenvalue weighted by Gasteiger charge is -2.44. The van der Waals surface area contributed by atoms with E-state index in [1.54, 1.807) is 0 Å². The van der Waals surface area contributed by atoms with Crippen LogP contribution in [0.4, 0.5) is 56.9 Å². The van der Waals surface area contributed by atoms with Crippen molar-refractivity contribution >= 4 is 78.4 Å². The standard InChI is InChI=1S/C80H54N4/c1-81-65-33-11-15-37-69(65)83(70-38-16-12-34-66(70)81)47-41-43-57-63(45-47)75(61-31-19-29-59-73-49-21-3-7-25-53(49)77(79(59)61)54-26-8-4-22-50(54)73)58-44-42-48(84-71-39-17-13-35-67(71)82(2)68-36-14-18-40-72(68)84)46-64(58)76(57)62-32-20-30-60-74-51-23-5-9-27-55(51)78(80(60)62)56-28-10-6-24-52(56)74/h3-46,73-74,77-78H,1-2H3. The normalized spacial score (nSPS) is 17.5. The molecule has 2 aliphatic heterocycles. The summed E-state index contributed by atoms with van der Waals surface area (Å²) in [5.74, 6) is 0.382. The van der Waals surface area contributed by atoms with E-state index >= 15 is 0 Å². The second kappa shape index (κ2) is 17.1. The van der Waals surface area contributed by atoms with Crippen molar-refractivity contribution < 1.29 is 0 Å². The maximum Gasteiger partial charge on any atom is 0.0699 e. The Morgan fingerprint density at radius 1 is 0.226 bits per heavy atom. The fourth-order valence-corrected chi connectivity index (χ4v) is 16.7. The van der Waals surface area contributed by atoms with Crippen LogP contribution < -0.4 is 19.6 Å². The molecule has 0 fully saturated rings. The van der Waals surface area contributed by atoms with E-state index in [1.165, 1.54) is 133 Å². The fraction of sp³-hybridized carbons (Fsp3) is 0.0750. The Hall–Kier alpha value is -10.4. The van der Waals surface area contributed by atoms with Crippen LogP contribution in [0.15, 0.2) is 267 Å². The Labute approximate surface area is 489 Å². The van der Waals surface area contributed by atoms with Crippen LogP contribution in [0.5, 0.6) is 0 Å². The Morgan fingerprint density at radius 2 is 0.488 bits per heavy atom. The molecule has 0 aromatic heterocycles. The average molecular weight is 1070 g/mol. The summed E-state index contributed by atoms with van der Waals surface area (Å²) in [7, 11) is 4.40.